The fraction of sp³-hybridized carbons (Fsp3) is 0.625. The Morgan fingerprint density at radius 1 is 1.10 bits per heavy atom. The van der Waals surface area contributed by atoms with Crippen molar-refractivity contribution in [3.63, 3.8) is 0 Å². The number of nitrogens with one attached hydrogen (secondary N) is 1. The summed E-state index contributed by atoms with van der Waals surface area (Å²) in [5.74, 6) is 1.69. The van der Waals surface area contributed by atoms with Gasteiger partial charge in [0.2, 0.25) is 0 Å². The maximum absolute atomic E-state index is 5.63. The van der Waals surface area contributed by atoms with Crippen molar-refractivity contribution in [1.82, 2.24) is 5.32 Å². The summed E-state index contributed by atoms with van der Waals surface area (Å²) >= 11 is 0. The van der Waals surface area contributed by atoms with Crippen LogP contribution in [0.15, 0.2) is 18.2 Å². The SMILES string of the molecule is CCCNC(c1cc(OC)ccc1OC)C(CC)OC. The maximum Gasteiger partial charge on any atom is 0.124 e. The first-order chi connectivity index (χ1) is 9.71. The summed E-state index contributed by atoms with van der Waals surface area (Å²) < 4.78 is 16.5. The summed E-state index contributed by atoms with van der Waals surface area (Å²) in [6.07, 6.45) is 2.10. The molecule has 0 saturated carbocycles. The Morgan fingerprint density at radius 3 is 2.35 bits per heavy atom. The second-order valence-corrected chi connectivity index (χ2v) is 4.72. The molecule has 4 heteroatoms. The minimum atomic E-state index is 0.0926. The Kier molecular flexibility index (Phi) is 7.41. The molecule has 0 heterocycles. The summed E-state index contributed by atoms with van der Waals surface area (Å²) in [6, 6.07) is 5.97. The number of methoxy groups -OCH3 is 3. The number of rotatable bonds is 9. The summed E-state index contributed by atoms with van der Waals surface area (Å²) in [6.45, 7) is 5.22. The van der Waals surface area contributed by atoms with Gasteiger partial charge in [0.1, 0.15) is 11.5 Å². The van der Waals surface area contributed by atoms with E-state index in [1.54, 1.807) is 21.3 Å². The molecule has 0 saturated heterocycles. The molecule has 1 aromatic rings. The van der Waals surface area contributed by atoms with Gasteiger partial charge in [-0.2, -0.15) is 0 Å². The topological polar surface area (TPSA) is 39.7 Å². The molecule has 0 aliphatic rings. The van der Waals surface area contributed by atoms with Gasteiger partial charge in [-0.25, -0.2) is 0 Å². The lowest BCUT2D eigenvalue weighted by molar-refractivity contribution is 0.0642. The van der Waals surface area contributed by atoms with E-state index < -0.39 is 0 Å². The molecule has 0 fully saturated rings. The highest BCUT2D eigenvalue weighted by molar-refractivity contribution is 5.42. The molecular weight excluding hydrogens is 254 g/mol. The standard InChI is InChI=1S/C16H27NO3/c1-6-10-17-16(14(7-2)19-4)13-11-12(18-3)8-9-15(13)20-5/h8-9,11,14,16-17H,6-7,10H2,1-5H3. The molecule has 1 aromatic carbocycles. The lowest BCUT2D eigenvalue weighted by atomic mass is 9.98. The van der Waals surface area contributed by atoms with Gasteiger partial charge in [0, 0.05) is 12.7 Å². The monoisotopic (exact) mass is 281 g/mol. The van der Waals surface area contributed by atoms with Crippen LogP contribution in [0.2, 0.25) is 0 Å². The zero-order chi connectivity index (χ0) is 15.0. The molecule has 0 aromatic heterocycles. The molecule has 0 bridgehead atoms. The van der Waals surface area contributed by atoms with Crippen molar-refractivity contribution in [1.29, 1.82) is 0 Å². The van der Waals surface area contributed by atoms with Crippen LogP contribution in [-0.2, 0) is 4.74 Å². The third-order valence-corrected chi connectivity index (χ3v) is 3.46. The zero-order valence-corrected chi connectivity index (χ0v) is 13.2. The van der Waals surface area contributed by atoms with Gasteiger partial charge in [0.05, 0.1) is 26.4 Å². The number of benzene rings is 1. The molecule has 2 atom stereocenters. The second kappa shape index (κ2) is 8.82. The van der Waals surface area contributed by atoms with Crippen molar-refractivity contribution in [2.45, 2.75) is 38.8 Å². The molecule has 114 valence electrons. The van der Waals surface area contributed by atoms with E-state index in [4.69, 9.17) is 14.2 Å². The maximum atomic E-state index is 5.63. The Hall–Kier alpha value is -1.26. The quantitative estimate of drug-likeness (QED) is 0.754. The number of hydrogen-bond acceptors (Lipinski definition) is 4. The predicted octanol–water partition coefficient (Wildman–Crippen LogP) is 3.17. The molecule has 0 aliphatic carbocycles. The van der Waals surface area contributed by atoms with E-state index in [2.05, 4.69) is 19.2 Å². The minimum absolute atomic E-state index is 0.0926. The van der Waals surface area contributed by atoms with Gasteiger partial charge in [-0.05, 0) is 37.6 Å². The third-order valence-electron chi connectivity index (χ3n) is 3.46. The molecular formula is C16H27NO3. The zero-order valence-electron chi connectivity index (χ0n) is 13.2. The molecule has 0 radical (unpaired) electrons. The second-order valence-electron chi connectivity index (χ2n) is 4.72. The van der Waals surface area contributed by atoms with Crippen LogP contribution in [-0.4, -0.2) is 34.0 Å². The molecule has 20 heavy (non-hydrogen) atoms. The fourth-order valence-corrected chi connectivity index (χ4v) is 2.36. The van der Waals surface area contributed by atoms with Gasteiger partial charge in [-0.1, -0.05) is 13.8 Å². The number of ether oxygens (including phenoxy) is 3. The fourth-order valence-electron chi connectivity index (χ4n) is 2.36. The van der Waals surface area contributed by atoms with E-state index in [1.165, 1.54) is 0 Å². The molecule has 4 nitrogen and oxygen atoms in total. The van der Waals surface area contributed by atoms with Crippen molar-refractivity contribution < 1.29 is 14.2 Å². The van der Waals surface area contributed by atoms with Crippen LogP contribution in [0, 0.1) is 0 Å². The Balaban J connectivity index is 3.15. The van der Waals surface area contributed by atoms with E-state index in [0.29, 0.717) is 0 Å². The lowest BCUT2D eigenvalue weighted by Crippen LogP contribution is -2.33. The van der Waals surface area contributed by atoms with Crippen molar-refractivity contribution in [2.75, 3.05) is 27.9 Å². The molecule has 0 amide bonds. The van der Waals surface area contributed by atoms with E-state index in [9.17, 15) is 0 Å². The smallest absolute Gasteiger partial charge is 0.124 e. The van der Waals surface area contributed by atoms with Crippen molar-refractivity contribution >= 4 is 0 Å². The summed E-state index contributed by atoms with van der Waals surface area (Å²) in [5.41, 5.74) is 1.08. The van der Waals surface area contributed by atoms with E-state index in [-0.39, 0.29) is 12.1 Å². The van der Waals surface area contributed by atoms with Gasteiger partial charge >= 0.3 is 0 Å². The van der Waals surface area contributed by atoms with E-state index >= 15 is 0 Å². The van der Waals surface area contributed by atoms with Gasteiger partial charge < -0.3 is 19.5 Å². The van der Waals surface area contributed by atoms with Crippen LogP contribution in [0.1, 0.15) is 38.3 Å². The highest BCUT2D eigenvalue weighted by atomic mass is 16.5. The molecule has 0 spiro atoms. The van der Waals surface area contributed by atoms with Gasteiger partial charge in [-0.15, -0.1) is 0 Å². The van der Waals surface area contributed by atoms with Gasteiger partial charge in [0.25, 0.3) is 0 Å². The Labute approximate surface area is 122 Å². The first-order valence-corrected chi connectivity index (χ1v) is 7.19. The predicted molar refractivity (Wildman–Crippen MR) is 81.7 cm³/mol. The first-order valence-electron chi connectivity index (χ1n) is 7.19. The highest BCUT2D eigenvalue weighted by Gasteiger charge is 2.24. The molecule has 2 unspecified atom stereocenters. The molecule has 1 rings (SSSR count). The average molecular weight is 281 g/mol. The van der Waals surface area contributed by atoms with E-state index in [0.717, 1.165) is 36.4 Å². The van der Waals surface area contributed by atoms with Crippen LogP contribution in [0.25, 0.3) is 0 Å². The normalized spacial score (nSPS) is 13.8. The minimum Gasteiger partial charge on any atom is -0.497 e. The van der Waals surface area contributed by atoms with Crippen LogP contribution < -0.4 is 14.8 Å². The molecule has 0 aliphatic heterocycles. The molecule has 1 N–H and O–H groups in total. The summed E-state index contributed by atoms with van der Waals surface area (Å²) in [4.78, 5) is 0. The van der Waals surface area contributed by atoms with Crippen LogP contribution >= 0.6 is 0 Å². The lowest BCUT2D eigenvalue weighted by Gasteiger charge is -2.28. The van der Waals surface area contributed by atoms with Gasteiger partial charge in [0.15, 0.2) is 0 Å². The van der Waals surface area contributed by atoms with E-state index in [1.807, 2.05) is 18.2 Å². The third kappa shape index (κ3) is 4.12. The summed E-state index contributed by atoms with van der Waals surface area (Å²) in [5, 5.41) is 3.55. The van der Waals surface area contributed by atoms with Crippen molar-refractivity contribution in [2.24, 2.45) is 0 Å². The van der Waals surface area contributed by atoms with Crippen LogP contribution in [0.4, 0.5) is 0 Å². The van der Waals surface area contributed by atoms with Crippen molar-refractivity contribution in [3.8, 4) is 11.5 Å². The Bertz CT molecular complexity index is 391. The van der Waals surface area contributed by atoms with Gasteiger partial charge in [-0.3, -0.25) is 0 Å². The summed E-state index contributed by atoms with van der Waals surface area (Å²) in [7, 11) is 5.12. The largest absolute Gasteiger partial charge is 0.497 e. The Morgan fingerprint density at radius 2 is 1.85 bits per heavy atom. The first kappa shape index (κ1) is 16.8. The highest BCUT2D eigenvalue weighted by Crippen LogP contribution is 2.32. The average Bonchev–Trinajstić information content (AvgIpc) is 2.50. The van der Waals surface area contributed by atoms with Crippen molar-refractivity contribution in [3.05, 3.63) is 23.8 Å². The van der Waals surface area contributed by atoms with Crippen LogP contribution in [0.3, 0.4) is 0 Å². The number of hydrogen-bond donors (Lipinski definition) is 1. The van der Waals surface area contributed by atoms with Crippen LogP contribution in [0.5, 0.6) is 11.5 Å².